The van der Waals surface area contributed by atoms with Gasteiger partial charge in [0.1, 0.15) is 16.7 Å². The minimum absolute atomic E-state index is 0.0392. The van der Waals surface area contributed by atoms with Crippen molar-refractivity contribution in [2.24, 2.45) is 0 Å². The third-order valence-electron chi connectivity index (χ3n) is 4.79. The molecule has 2 aliphatic rings. The van der Waals surface area contributed by atoms with E-state index in [-0.39, 0.29) is 48.9 Å². The highest BCUT2D eigenvalue weighted by Gasteiger charge is 2.39. The van der Waals surface area contributed by atoms with Crippen LogP contribution in [0.15, 0.2) is 23.8 Å². The number of halogens is 1. The second kappa shape index (κ2) is 7.12. The van der Waals surface area contributed by atoms with E-state index in [0.29, 0.717) is 10.4 Å². The van der Waals surface area contributed by atoms with Crippen molar-refractivity contribution in [2.75, 3.05) is 0 Å². The fraction of sp³-hybridized carbons (Fsp3) is 0.278. The van der Waals surface area contributed by atoms with Gasteiger partial charge in [0.05, 0.1) is 11.7 Å². The van der Waals surface area contributed by atoms with Gasteiger partial charge in [-0.1, -0.05) is 0 Å². The van der Waals surface area contributed by atoms with E-state index in [4.69, 9.17) is 0 Å². The van der Waals surface area contributed by atoms with E-state index >= 15 is 0 Å². The maximum atomic E-state index is 14.5. The number of carbonyl (C=O) groups is 4. The van der Waals surface area contributed by atoms with Crippen LogP contribution in [0.1, 0.15) is 44.0 Å². The molecule has 1 aromatic heterocycles. The lowest BCUT2D eigenvalue weighted by Gasteiger charge is -2.29. The number of piperidine rings is 1. The van der Waals surface area contributed by atoms with E-state index in [1.165, 1.54) is 34.0 Å². The SMILES string of the molecule is O=C1CCC(N2Cc3cc(CNC(=O)c4cncs4)c(F)cc3C2=O)C(=O)N1. The Morgan fingerprint density at radius 3 is 2.89 bits per heavy atom. The molecule has 2 aliphatic heterocycles. The van der Waals surface area contributed by atoms with Crippen LogP contribution < -0.4 is 10.6 Å². The van der Waals surface area contributed by atoms with E-state index in [1.54, 1.807) is 0 Å². The summed E-state index contributed by atoms with van der Waals surface area (Å²) in [5, 5.41) is 4.85. The molecule has 1 fully saturated rings. The number of carbonyl (C=O) groups excluding carboxylic acids is 4. The lowest BCUT2D eigenvalue weighted by Crippen LogP contribution is -2.52. The monoisotopic (exact) mass is 402 g/mol. The highest BCUT2D eigenvalue weighted by atomic mass is 32.1. The van der Waals surface area contributed by atoms with Crippen molar-refractivity contribution >= 4 is 35.0 Å². The van der Waals surface area contributed by atoms with E-state index in [0.717, 1.165) is 6.07 Å². The second-order valence-corrected chi connectivity index (χ2v) is 7.44. The Morgan fingerprint density at radius 1 is 1.36 bits per heavy atom. The van der Waals surface area contributed by atoms with E-state index in [2.05, 4.69) is 15.6 Å². The molecule has 2 N–H and O–H groups in total. The molecular weight excluding hydrogens is 387 g/mol. The van der Waals surface area contributed by atoms with Gasteiger partial charge in [-0.2, -0.15) is 0 Å². The number of benzene rings is 1. The number of fused-ring (bicyclic) bond motifs is 1. The number of thiazole rings is 1. The molecule has 1 aromatic carbocycles. The average molecular weight is 402 g/mol. The fourth-order valence-electron chi connectivity index (χ4n) is 3.37. The van der Waals surface area contributed by atoms with Crippen LogP contribution in [-0.4, -0.2) is 39.6 Å². The van der Waals surface area contributed by atoms with Gasteiger partial charge in [0.2, 0.25) is 11.8 Å². The first-order valence-corrected chi connectivity index (χ1v) is 9.44. The van der Waals surface area contributed by atoms with Crippen molar-refractivity contribution in [3.05, 3.63) is 51.2 Å². The molecule has 1 saturated heterocycles. The number of nitrogens with zero attached hydrogens (tertiary/aromatic N) is 2. The molecule has 4 amide bonds. The number of aromatic nitrogens is 1. The molecule has 0 spiro atoms. The predicted octanol–water partition coefficient (Wildman–Crippen LogP) is 0.973. The van der Waals surface area contributed by atoms with Crippen LogP contribution in [0, 0.1) is 5.82 Å². The molecule has 28 heavy (non-hydrogen) atoms. The smallest absolute Gasteiger partial charge is 0.263 e. The Hall–Kier alpha value is -3.14. The molecule has 1 atom stereocenters. The van der Waals surface area contributed by atoms with Gasteiger partial charge in [-0.15, -0.1) is 11.3 Å². The van der Waals surface area contributed by atoms with Crippen molar-refractivity contribution in [1.29, 1.82) is 0 Å². The summed E-state index contributed by atoms with van der Waals surface area (Å²) in [5.41, 5.74) is 2.55. The van der Waals surface area contributed by atoms with Gasteiger partial charge in [0.15, 0.2) is 0 Å². The summed E-state index contributed by atoms with van der Waals surface area (Å²) in [7, 11) is 0. The highest BCUT2D eigenvalue weighted by Crippen LogP contribution is 2.29. The molecule has 0 saturated carbocycles. The third-order valence-corrected chi connectivity index (χ3v) is 5.56. The first-order valence-electron chi connectivity index (χ1n) is 8.56. The fourth-order valence-corrected chi connectivity index (χ4v) is 3.90. The maximum absolute atomic E-state index is 14.5. The molecule has 10 heteroatoms. The Balaban J connectivity index is 1.50. The maximum Gasteiger partial charge on any atom is 0.263 e. The van der Waals surface area contributed by atoms with Crippen molar-refractivity contribution in [1.82, 2.24) is 20.5 Å². The number of nitrogens with one attached hydrogen (secondary N) is 2. The van der Waals surface area contributed by atoms with Gasteiger partial charge in [-0.3, -0.25) is 29.5 Å². The first kappa shape index (κ1) is 18.2. The average Bonchev–Trinajstić information content (AvgIpc) is 3.29. The van der Waals surface area contributed by atoms with Gasteiger partial charge < -0.3 is 10.2 Å². The largest absolute Gasteiger partial charge is 0.347 e. The standard InChI is InChI=1S/C18H15FN4O4S/c19-12-4-11-10(3-9(12)5-21-17(26)14-6-20-8-28-14)7-23(18(11)27)13-1-2-15(24)22-16(13)25/h3-4,6,8,13H,1-2,5,7H2,(H,21,26)(H,22,24,25). The molecule has 3 heterocycles. The molecule has 8 nitrogen and oxygen atoms in total. The molecule has 2 aromatic rings. The van der Waals surface area contributed by atoms with Crippen LogP contribution in [0.5, 0.6) is 0 Å². The second-order valence-electron chi connectivity index (χ2n) is 6.55. The number of imide groups is 1. The van der Waals surface area contributed by atoms with Crippen LogP contribution in [0.3, 0.4) is 0 Å². The molecular formula is C18H15FN4O4S. The number of hydrogen-bond acceptors (Lipinski definition) is 6. The van der Waals surface area contributed by atoms with Crippen molar-refractivity contribution in [3.63, 3.8) is 0 Å². The molecule has 144 valence electrons. The summed E-state index contributed by atoms with van der Waals surface area (Å²) in [5.74, 6) is -2.29. The van der Waals surface area contributed by atoms with E-state index in [9.17, 15) is 23.6 Å². The first-order chi connectivity index (χ1) is 13.4. The third kappa shape index (κ3) is 3.26. The topological polar surface area (TPSA) is 108 Å². The normalized spacial score (nSPS) is 18.8. The summed E-state index contributed by atoms with van der Waals surface area (Å²) >= 11 is 1.18. The summed E-state index contributed by atoms with van der Waals surface area (Å²) < 4.78 is 14.5. The minimum Gasteiger partial charge on any atom is -0.347 e. The zero-order valence-corrected chi connectivity index (χ0v) is 15.3. The number of rotatable bonds is 4. The van der Waals surface area contributed by atoms with Crippen LogP contribution in [0.25, 0.3) is 0 Å². The van der Waals surface area contributed by atoms with Crippen molar-refractivity contribution in [2.45, 2.75) is 32.0 Å². The molecule has 0 radical (unpaired) electrons. The molecule has 4 rings (SSSR count). The predicted molar refractivity (Wildman–Crippen MR) is 95.7 cm³/mol. The van der Waals surface area contributed by atoms with Gasteiger partial charge in [0.25, 0.3) is 11.8 Å². The Bertz CT molecular complexity index is 992. The van der Waals surface area contributed by atoms with Crippen LogP contribution in [-0.2, 0) is 22.7 Å². The van der Waals surface area contributed by atoms with Crippen molar-refractivity contribution < 1.29 is 23.6 Å². The Kier molecular flexibility index (Phi) is 4.63. The Morgan fingerprint density at radius 2 is 2.18 bits per heavy atom. The summed E-state index contributed by atoms with van der Waals surface area (Å²) in [6, 6.07) is 1.91. The molecule has 1 unspecified atom stereocenters. The zero-order valence-electron chi connectivity index (χ0n) is 14.5. The molecule has 0 bridgehead atoms. The summed E-state index contributed by atoms with van der Waals surface area (Å²) in [6.07, 6.45) is 1.82. The van der Waals surface area contributed by atoms with Crippen LogP contribution >= 0.6 is 11.3 Å². The molecule has 0 aliphatic carbocycles. The lowest BCUT2D eigenvalue weighted by molar-refractivity contribution is -0.136. The zero-order chi connectivity index (χ0) is 19.8. The quantitative estimate of drug-likeness (QED) is 0.741. The van der Waals surface area contributed by atoms with Crippen LogP contribution in [0.4, 0.5) is 4.39 Å². The van der Waals surface area contributed by atoms with Crippen LogP contribution in [0.2, 0.25) is 0 Å². The van der Waals surface area contributed by atoms with Gasteiger partial charge in [0, 0.05) is 30.6 Å². The summed E-state index contributed by atoms with van der Waals surface area (Å²) in [6.45, 7) is 0.110. The Labute approximate surface area is 162 Å². The van der Waals surface area contributed by atoms with Gasteiger partial charge >= 0.3 is 0 Å². The number of hydrogen-bond donors (Lipinski definition) is 2. The van der Waals surface area contributed by atoms with Crippen molar-refractivity contribution in [3.8, 4) is 0 Å². The van der Waals surface area contributed by atoms with E-state index < -0.39 is 23.7 Å². The minimum atomic E-state index is -0.754. The summed E-state index contributed by atoms with van der Waals surface area (Å²) in [4.78, 5) is 53.6. The van der Waals surface area contributed by atoms with E-state index in [1.807, 2.05) is 0 Å². The lowest BCUT2D eigenvalue weighted by atomic mass is 10.0. The highest BCUT2D eigenvalue weighted by molar-refractivity contribution is 7.11. The number of amides is 4. The van der Waals surface area contributed by atoms with Gasteiger partial charge in [-0.25, -0.2) is 4.39 Å². The van der Waals surface area contributed by atoms with Gasteiger partial charge in [-0.05, 0) is 24.1 Å².